The normalized spacial score (nSPS) is 16.9. The molecule has 6 nitrogen and oxygen atoms in total. The molecule has 27 heavy (non-hydrogen) atoms. The van der Waals surface area contributed by atoms with Crippen molar-refractivity contribution in [2.75, 3.05) is 26.2 Å². The van der Waals surface area contributed by atoms with Crippen molar-refractivity contribution in [1.29, 1.82) is 0 Å². The van der Waals surface area contributed by atoms with Gasteiger partial charge >= 0.3 is 0 Å². The molecule has 1 amide bonds. The highest BCUT2D eigenvalue weighted by molar-refractivity contribution is 5.85. The fourth-order valence-corrected chi connectivity index (χ4v) is 3.58. The van der Waals surface area contributed by atoms with Gasteiger partial charge in [0.1, 0.15) is 0 Å². The Kier molecular flexibility index (Phi) is 6.11. The Balaban J connectivity index is 0.00000210. The van der Waals surface area contributed by atoms with E-state index in [2.05, 4.69) is 46.7 Å². The second-order valence-corrected chi connectivity index (χ2v) is 6.55. The highest BCUT2D eigenvalue weighted by atomic mass is 35.5. The molecule has 0 radical (unpaired) electrons. The van der Waals surface area contributed by atoms with Crippen LogP contribution in [-0.4, -0.2) is 52.2 Å². The SMILES string of the molecule is Cl.O=CN1CCNCC1c1ccc(-c2ccc3ncn(CCO)c3c2)cc1. The van der Waals surface area contributed by atoms with Gasteiger partial charge in [-0.1, -0.05) is 30.3 Å². The fourth-order valence-electron chi connectivity index (χ4n) is 3.58. The molecule has 1 aliphatic heterocycles. The van der Waals surface area contributed by atoms with Crippen LogP contribution in [0, 0.1) is 0 Å². The number of hydrogen-bond donors (Lipinski definition) is 2. The first-order chi connectivity index (χ1) is 12.8. The lowest BCUT2D eigenvalue weighted by molar-refractivity contribution is -0.121. The topological polar surface area (TPSA) is 70.4 Å². The van der Waals surface area contributed by atoms with Gasteiger partial charge in [0, 0.05) is 26.2 Å². The first kappa shape index (κ1) is 19.4. The Hall–Kier alpha value is -2.41. The zero-order valence-electron chi connectivity index (χ0n) is 14.9. The van der Waals surface area contributed by atoms with Crippen LogP contribution in [0.2, 0.25) is 0 Å². The average molecular weight is 387 g/mol. The van der Waals surface area contributed by atoms with Gasteiger partial charge in [-0.05, 0) is 28.8 Å². The summed E-state index contributed by atoms with van der Waals surface area (Å²) in [6, 6.07) is 14.6. The Morgan fingerprint density at radius 2 is 1.96 bits per heavy atom. The molecule has 3 aromatic rings. The van der Waals surface area contributed by atoms with Crippen molar-refractivity contribution in [3.8, 4) is 11.1 Å². The Morgan fingerprint density at radius 3 is 2.70 bits per heavy atom. The minimum atomic E-state index is 0. The molecule has 4 rings (SSSR count). The second kappa shape index (κ2) is 8.52. The minimum Gasteiger partial charge on any atom is -0.395 e. The molecule has 1 saturated heterocycles. The number of aliphatic hydroxyl groups excluding tert-OH is 1. The van der Waals surface area contributed by atoms with Gasteiger partial charge in [-0.3, -0.25) is 4.79 Å². The van der Waals surface area contributed by atoms with Crippen LogP contribution in [0.25, 0.3) is 22.2 Å². The van der Waals surface area contributed by atoms with Crippen LogP contribution in [0.1, 0.15) is 11.6 Å². The lowest BCUT2D eigenvalue weighted by atomic mass is 9.99. The molecule has 0 bridgehead atoms. The van der Waals surface area contributed by atoms with Crippen LogP contribution in [-0.2, 0) is 11.3 Å². The third-order valence-electron chi connectivity index (χ3n) is 5.01. The number of carbonyl (C=O) groups excluding carboxylic acids is 1. The molecule has 1 fully saturated rings. The molecule has 1 aromatic heterocycles. The van der Waals surface area contributed by atoms with Crippen molar-refractivity contribution in [2.45, 2.75) is 12.6 Å². The predicted molar refractivity (Wildman–Crippen MR) is 108 cm³/mol. The molecule has 2 N–H and O–H groups in total. The summed E-state index contributed by atoms with van der Waals surface area (Å²) in [6.07, 6.45) is 2.70. The van der Waals surface area contributed by atoms with Gasteiger partial charge in [0.05, 0.1) is 30.0 Å². The molecule has 1 atom stereocenters. The summed E-state index contributed by atoms with van der Waals surface area (Å²) in [4.78, 5) is 17.5. The average Bonchev–Trinajstić information content (AvgIpc) is 3.10. The maximum Gasteiger partial charge on any atom is 0.210 e. The number of piperazine rings is 1. The molecule has 142 valence electrons. The summed E-state index contributed by atoms with van der Waals surface area (Å²) in [5.74, 6) is 0. The summed E-state index contributed by atoms with van der Waals surface area (Å²) in [6.45, 7) is 2.99. The van der Waals surface area contributed by atoms with E-state index in [4.69, 9.17) is 0 Å². The summed E-state index contributed by atoms with van der Waals surface area (Å²) >= 11 is 0. The van der Waals surface area contributed by atoms with E-state index < -0.39 is 0 Å². The van der Waals surface area contributed by atoms with E-state index in [0.29, 0.717) is 6.54 Å². The molecule has 2 aromatic carbocycles. The van der Waals surface area contributed by atoms with Crippen LogP contribution in [0.5, 0.6) is 0 Å². The molecule has 0 spiro atoms. The maximum atomic E-state index is 11.3. The van der Waals surface area contributed by atoms with Gasteiger partial charge in [-0.25, -0.2) is 4.98 Å². The Morgan fingerprint density at radius 1 is 1.19 bits per heavy atom. The number of fused-ring (bicyclic) bond motifs is 1. The first-order valence-electron chi connectivity index (χ1n) is 8.88. The lowest BCUT2D eigenvalue weighted by Crippen LogP contribution is -2.45. The second-order valence-electron chi connectivity index (χ2n) is 6.55. The third kappa shape index (κ3) is 3.83. The van der Waals surface area contributed by atoms with Crippen LogP contribution in [0.3, 0.4) is 0 Å². The van der Waals surface area contributed by atoms with Gasteiger partial charge < -0.3 is 19.9 Å². The van der Waals surface area contributed by atoms with Crippen molar-refractivity contribution in [3.05, 3.63) is 54.4 Å². The van der Waals surface area contributed by atoms with Crippen LogP contribution < -0.4 is 5.32 Å². The van der Waals surface area contributed by atoms with Crippen LogP contribution in [0.15, 0.2) is 48.8 Å². The summed E-state index contributed by atoms with van der Waals surface area (Å²) in [5.41, 5.74) is 5.31. The van der Waals surface area contributed by atoms with Crippen molar-refractivity contribution in [1.82, 2.24) is 19.8 Å². The smallest absolute Gasteiger partial charge is 0.210 e. The largest absolute Gasteiger partial charge is 0.395 e. The van der Waals surface area contributed by atoms with Gasteiger partial charge in [-0.2, -0.15) is 0 Å². The Bertz CT molecular complexity index is 910. The summed E-state index contributed by atoms with van der Waals surface area (Å²) < 4.78 is 1.96. The standard InChI is InChI=1S/C20H22N4O2.ClH/c25-10-9-23-13-22-18-6-5-17(11-19(18)23)15-1-3-16(4-2-15)20-12-21-7-8-24(20)14-26;/h1-6,11,13-14,20-21,25H,7-10,12H2;1H. The van der Waals surface area contributed by atoms with E-state index in [9.17, 15) is 9.90 Å². The monoisotopic (exact) mass is 386 g/mol. The zero-order chi connectivity index (χ0) is 17.9. The molecule has 7 heteroatoms. The number of rotatable bonds is 5. The minimum absolute atomic E-state index is 0. The molecular formula is C20H23ClN4O2. The van der Waals surface area contributed by atoms with E-state index in [0.717, 1.165) is 53.8 Å². The fraction of sp³-hybridized carbons (Fsp3) is 0.300. The molecule has 0 aliphatic carbocycles. The van der Waals surface area contributed by atoms with E-state index in [1.807, 2.05) is 15.5 Å². The van der Waals surface area contributed by atoms with E-state index in [1.165, 1.54) is 0 Å². The molecule has 2 heterocycles. The number of carbonyl (C=O) groups is 1. The lowest BCUT2D eigenvalue weighted by Gasteiger charge is -2.33. The first-order valence-corrected chi connectivity index (χ1v) is 8.88. The van der Waals surface area contributed by atoms with Crippen molar-refractivity contribution < 1.29 is 9.90 Å². The van der Waals surface area contributed by atoms with Gasteiger partial charge in [-0.15, -0.1) is 12.4 Å². The van der Waals surface area contributed by atoms with Gasteiger partial charge in [0.2, 0.25) is 6.41 Å². The van der Waals surface area contributed by atoms with E-state index in [1.54, 1.807) is 6.33 Å². The molecule has 1 aliphatic rings. The van der Waals surface area contributed by atoms with E-state index >= 15 is 0 Å². The number of aliphatic hydroxyl groups is 1. The molecule has 1 unspecified atom stereocenters. The zero-order valence-corrected chi connectivity index (χ0v) is 15.7. The van der Waals surface area contributed by atoms with Crippen molar-refractivity contribution in [2.24, 2.45) is 0 Å². The quantitative estimate of drug-likeness (QED) is 0.660. The van der Waals surface area contributed by atoms with Crippen molar-refractivity contribution in [3.63, 3.8) is 0 Å². The van der Waals surface area contributed by atoms with Crippen LogP contribution in [0.4, 0.5) is 0 Å². The van der Waals surface area contributed by atoms with Crippen molar-refractivity contribution >= 4 is 29.9 Å². The summed E-state index contributed by atoms with van der Waals surface area (Å²) in [7, 11) is 0. The summed E-state index contributed by atoms with van der Waals surface area (Å²) in [5, 5.41) is 12.5. The number of aromatic nitrogens is 2. The number of nitrogens with zero attached hydrogens (tertiary/aromatic N) is 3. The number of halogens is 1. The number of nitrogens with one attached hydrogen (secondary N) is 1. The number of hydrogen-bond acceptors (Lipinski definition) is 4. The molecular weight excluding hydrogens is 364 g/mol. The highest BCUT2D eigenvalue weighted by Crippen LogP contribution is 2.27. The van der Waals surface area contributed by atoms with Crippen LogP contribution >= 0.6 is 12.4 Å². The number of benzene rings is 2. The van der Waals surface area contributed by atoms with Gasteiger partial charge in [0.25, 0.3) is 0 Å². The van der Waals surface area contributed by atoms with Gasteiger partial charge in [0.15, 0.2) is 0 Å². The Labute approximate surface area is 164 Å². The number of imidazole rings is 1. The maximum absolute atomic E-state index is 11.3. The number of amides is 1. The van der Waals surface area contributed by atoms with E-state index in [-0.39, 0.29) is 25.1 Å². The highest BCUT2D eigenvalue weighted by Gasteiger charge is 2.22. The third-order valence-corrected chi connectivity index (χ3v) is 5.01. The molecule has 0 saturated carbocycles. The predicted octanol–water partition coefficient (Wildman–Crippen LogP) is 2.22.